The van der Waals surface area contributed by atoms with E-state index < -0.39 is 0 Å². The van der Waals surface area contributed by atoms with Gasteiger partial charge in [0.25, 0.3) is 0 Å². The van der Waals surface area contributed by atoms with E-state index in [0.717, 1.165) is 10.9 Å². The van der Waals surface area contributed by atoms with E-state index in [-0.39, 0.29) is 0 Å². The molecule has 0 atom stereocenters. The summed E-state index contributed by atoms with van der Waals surface area (Å²) in [4.78, 5) is 4.12. The van der Waals surface area contributed by atoms with Crippen LogP contribution in [0.25, 0.3) is 10.9 Å². The van der Waals surface area contributed by atoms with Gasteiger partial charge in [0.1, 0.15) is 0 Å². The molecule has 1 radical (unpaired) electrons. The van der Waals surface area contributed by atoms with Crippen LogP contribution in [0.5, 0.6) is 0 Å². The quantitative estimate of drug-likeness (QED) is 0.569. The molecule has 0 aliphatic rings. The van der Waals surface area contributed by atoms with Gasteiger partial charge < -0.3 is 5.73 Å². The fraction of sp³-hybridized carbons (Fsp3) is 0. The Hall–Kier alpha value is -1.57. The number of nitrogen functional groups attached to an aromatic ring is 1. The van der Waals surface area contributed by atoms with Gasteiger partial charge in [0, 0.05) is 11.6 Å². The van der Waals surface area contributed by atoms with Crippen molar-refractivity contribution in [2.45, 2.75) is 0 Å². The van der Waals surface area contributed by atoms with Crippen LogP contribution in [0.2, 0.25) is 0 Å². The summed E-state index contributed by atoms with van der Waals surface area (Å²) >= 11 is 0. The Morgan fingerprint density at radius 1 is 1.36 bits per heavy atom. The first-order chi connectivity index (χ1) is 5.38. The molecule has 1 heterocycles. The molecule has 2 N–H and O–H groups in total. The van der Waals surface area contributed by atoms with Gasteiger partial charge in [-0.2, -0.15) is 0 Å². The van der Waals surface area contributed by atoms with Crippen molar-refractivity contribution in [3.8, 4) is 0 Å². The van der Waals surface area contributed by atoms with Gasteiger partial charge in [-0.15, -0.1) is 0 Å². The first-order valence-corrected chi connectivity index (χ1v) is 3.39. The number of rotatable bonds is 0. The standard InChI is InChI=1S/C9H7N2/c10-8-5-1-3-7-4-2-6-11-9(7)8/h1-2,4-6H,10H2. The Labute approximate surface area is 64.7 Å². The van der Waals surface area contributed by atoms with Gasteiger partial charge >= 0.3 is 0 Å². The Kier molecular flexibility index (Phi) is 1.25. The summed E-state index contributed by atoms with van der Waals surface area (Å²) in [5.74, 6) is 0. The third-order valence-electron chi connectivity index (χ3n) is 1.58. The maximum absolute atomic E-state index is 5.67. The molecule has 53 valence electrons. The number of nitrogens with two attached hydrogens (primary N) is 1. The molecule has 0 aliphatic heterocycles. The highest BCUT2D eigenvalue weighted by atomic mass is 14.7. The monoisotopic (exact) mass is 143 g/mol. The van der Waals surface area contributed by atoms with Gasteiger partial charge in [0.2, 0.25) is 0 Å². The highest BCUT2D eigenvalue weighted by molar-refractivity contribution is 5.88. The second-order valence-electron chi connectivity index (χ2n) is 2.33. The molecule has 2 heteroatoms. The van der Waals surface area contributed by atoms with Crippen molar-refractivity contribution in [2.75, 3.05) is 5.73 Å². The minimum absolute atomic E-state index is 0.708. The van der Waals surface area contributed by atoms with E-state index in [1.54, 1.807) is 18.3 Å². The van der Waals surface area contributed by atoms with Crippen LogP contribution in [0.1, 0.15) is 0 Å². The lowest BCUT2D eigenvalue weighted by Gasteiger charge is -1.97. The number of hydrogen-bond acceptors (Lipinski definition) is 2. The average molecular weight is 143 g/mol. The molecule has 0 amide bonds. The summed E-state index contributed by atoms with van der Waals surface area (Å²) < 4.78 is 0. The van der Waals surface area contributed by atoms with E-state index in [4.69, 9.17) is 5.73 Å². The van der Waals surface area contributed by atoms with E-state index >= 15 is 0 Å². The van der Waals surface area contributed by atoms with Crippen LogP contribution in [0.15, 0.2) is 30.5 Å². The van der Waals surface area contributed by atoms with Gasteiger partial charge in [-0.25, -0.2) is 0 Å². The number of fused-ring (bicyclic) bond motifs is 1. The molecule has 1 aromatic carbocycles. The topological polar surface area (TPSA) is 38.9 Å². The lowest BCUT2D eigenvalue weighted by Crippen LogP contribution is -1.87. The first-order valence-electron chi connectivity index (χ1n) is 3.39. The van der Waals surface area contributed by atoms with Gasteiger partial charge in [0.15, 0.2) is 0 Å². The van der Waals surface area contributed by atoms with Crippen LogP contribution in [0.4, 0.5) is 5.69 Å². The van der Waals surface area contributed by atoms with E-state index in [1.165, 1.54) is 0 Å². The lowest BCUT2D eigenvalue weighted by molar-refractivity contribution is 1.41. The minimum Gasteiger partial charge on any atom is -0.397 e. The Morgan fingerprint density at radius 2 is 2.27 bits per heavy atom. The molecular weight excluding hydrogens is 136 g/mol. The molecule has 1 aromatic heterocycles. The SMILES string of the molecule is Nc1cc[c]c2cccnc12. The number of nitrogens with zero attached hydrogens (tertiary/aromatic N) is 1. The van der Waals surface area contributed by atoms with E-state index in [1.807, 2.05) is 12.1 Å². The van der Waals surface area contributed by atoms with Crippen LogP contribution in [-0.4, -0.2) is 4.98 Å². The number of pyridine rings is 1. The van der Waals surface area contributed by atoms with Crippen LogP contribution in [0.3, 0.4) is 0 Å². The van der Waals surface area contributed by atoms with E-state index in [0.29, 0.717) is 5.69 Å². The number of benzene rings is 1. The van der Waals surface area contributed by atoms with Crippen molar-refractivity contribution < 1.29 is 0 Å². The molecule has 2 nitrogen and oxygen atoms in total. The normalized spacial score (nSPS) is 10.2. The van der Waals surface area contributed by atoms with Crippen LogP contribution >= 0.6 is 0 Å². The highest BCUT2D eigenvalue weighted by Gasteiger charge is 1.94. The minimum atomic E-state index is 0.708. The molecule has 0 unspecified atom stereocenters. The summed E-state index contributed by atoms with van der Waals surface area (Å²) in [7, 11) is 0. The van der Waals surface area contributed by atoms with Gasteiger partial charge in [0.05, 0.1) is 11.2 Å². The van der Waals surface area contributed by atoms with Crippen molar-refractivity contribution in [3.63, 3.8) is 0 Å². The zero-order chi connectivity index (χ0) is 7.68. The fourth-order valence-electron chi connectivity index (χ4n) is 1.05. The summed E-state index contributed by atoms with van der Waals surface area (Å²) in [5.41, 5.74) is 7.21. The zero-order valence-corrected chi connectivity index (χ0v) is 5.91. The molecule has 11 heavy (non-hydrogen) atoms. The number of hydrogen-bond donors (Lipinski definition) is 1. The summed E-state index contributed by atoms with van der Waals surface area (Å²) in [6.45, 7) is 0. The zero-order valence-electron chi connectivity index (χ0n) is 5.91. The smallest absolute Gasteiger partial charge is 0.0937 e. The van der Waals surface area contributed by atoms with Crippen molar-refractivity contribution in [2.24, 2.45) is 0 Å². The van der Waals surface area contributed by atoms with Crippen LogP contribution in [-0.2, 0) is 0 Å². The summed E-state index contributed by atoms with van der Waals surface area (Å²) in [5, 5.41) is 0.965. The van der Waals surface area contributed by atoms with E-state index in [9.17, 15) is 0 Å². The largest absolute Gasteiger partial charge is 0.397 e. The Bertz CT molecular complexity index is 377. The van der Waals surface area contributed by atoms with Crippen molar-refractivity contribution in [1.29, 1.82) is 0 Å². The molecular formula is C9H7N2. The molecule has 0 fully saturated rings. The molecule has 0 saturated carbocycles. The molecule has 0 saturated heterocycles. The van der Waals surface area contributed by atoms with Crippen molar-refractivity contribution in [3.05, 3.63) is 36.5 Å². The van der Waals surface area contributed by atoms with Gasteiger partial charge in [-0.05, 0) is 18.2 Å². The molecule has 0 spiro atoms. The second kappa shape index (κ2) is 2.23. The van der Waals surface area contributed by atoms with Gasteiger partial charge in [-0.1, -0.05) is 12.1 Å². The second-order valence-corrected chi connectivity index (χ2v) is 2.33. The fourth-order valence-corrected chi connectivity index (χ4v) is 1.05. The van der Waals surface area contributed by atoms with Crippen LogP contribution < -0.4 is 5.73 Å². The average Bonchev–Trinajstić information content (AvgIpc) is 2.06. The highest BCUT2D eigenvalue weighted by Crippen LogP contribution is 2.15. The number of aromatic nitrogens is 1. The van der Waals surface area contributed by atoms with Gasteiger partial charge in [-0.3, -0.25) is 4.98 Å². The lowest BCUT2D eigenvalue weighted by atomic mass is 10.2. The Morgan fingerprint density at radius 3 is 3.09 bits per heavy atom. The maximum Gasteiger partial charge on any atom is 0.0937 e. The predicted octanol–water partition coefficient (Wildman–Crippen LogP) is 1.62. The molecule has 2 rings (SSSR count). The number of anilines is 1. The predicted molar refractivity (Wildman–Crippen MR) is 45.0 cm³/mol. The third kappa shape index (κ3) is 0.923. The summed E-state index contributed by atoms with van der Waals surface area (Å²) in [6, 6.07) is 10.5. The first kappa shape index (κ1) is 6.16. The van der Waals surface area contributed by atoms with E-state index in [2.05, 4.69) is 11.1 Å². The summed E-state index contributed by atoms with van der Waals surface area (Å²) in [6.07, 6.45) is 1.73. The molecule has 0 bridgehead atoms. The van der Waals surface area contributed by atoms with Crippen molar-refractivity contribution >= 4 is 16.6 Å². The molecule has 2 aromatic rings. The Balaban J connectivity index is 2.91. The van der Waals surface area contributed by atoms with Crippen LogP contribution in [0, 0.1) is 6.07 Å². The molecule has 0 aliphatic carbocycles. The maximum atomic E-state index is 5.67. The third-order valence-corrected chi connectivity index (χ3v) is 1.58. The van der Waals surface area contributed by atoms with Crippen molar-refractivity contribution in [1.82, 2.24) is 4.98 Å².